The van der Waals surface area contributed by atoms with Crippen molar-refractivity contribution in [2.45, 2.75) is 32.1 Å². The Morgan fingerprint density at radius 2 is 2.10 bits per heavy atom. The van der Waals surface area contributed by atoms with Crippen molar-refractivity contribution in [3.8, 4) is 5.69 Å². The van der Waals surface area contributed by atoms with Gasteiger partial charge in [-0.2, -0.15) is 5.10 Å². The van der Waals surface area contributed by atoms with E-state index in [1.54, 1.807) is 23.0 Å². The minimum Gasteiger partial charge on any atom is -0.324 e. The van der Waals surface area contributed by atoms with Crippen LogP contribution in [0, 0.1) is 5.92 Å². The molecular formula is C16H18ClN3O. The van der Waals surface area contributed by atoms with E-state index in [-0.39, 0.29) is 11.8 Å². The Morgan fingerprint density at radius 1 is 1.29 bits per heavy atom. The van der Waals surface area contributed by atoms with Crippen molar-refractivity contribution in [3.05, 3.63) is 41.7 Å². The second-order valence-electron chi connectivity index (χ2n) is 5.44. The van der Waals surface area contributed by atoms with E-state index in [4.69, 9.17) is 11.6 Å². The second-order valence-corrected chi connectivity index (χ2v) is 5.87. The summed E-state index contributed by atoms with van der Waals surface area (Å²) in [5.41, 5.74) is 1.54. The van der Waals surface area contributed by atoms with Crippen LogP contribution in [0.5, 0.6) is 0 Å². The number of aromatic nitrogens is 2. The topological polar surface area (TPSA) is 46.9 Å². The fourth-order valence-electron chi connectivity index (χ4n) is 2.82. The molecule has 0 spiro atoms. The molecule has 4 nitrogen and oxygen atoms in total. The first-order chi connectivity index (χ1) is 10.2. The predicted molar refractivity (Wildman–Crippen MR) is 83.8 cm³/mol. The molecule has 0 saturated heterocycles. The highest BCUT2D eigenvalue weighted by Crippen LogP contribution is 2.28. The van der Waals surface area contributed by atoms with Crippen LogP contribution in [0.3, 0.4) is 0 Å². The van der Waals surface area contributed by atoms with Gasteiger partial charge < -0.3 is 5.32 Å². The first kappa shape index (κ1) is 14.1. The van der Waals surface area contributed by atoms with E-state index >= 15 is 0 Å². The van der Waals surface area contributed by atoms with Crippen LogP contribution in [0.25, 0.3) is 5.69 Å². The van der Waals surface area contributed by atoms with E-state index < -0.39 is 0 Å². The summed E-state index contributed by atoms with van der Waals surface area (Å²) in [6.45, 7) is 0. The zero-order valence-corrected chi connectivity index (χ0v) is 12.5. The van der Waals surface area contributed by atoms with Gasteiger partial charge in [0.05, 0.1) is 11.4 Å². The molecule has 1 aromatic heterocycles. The van der Waals surface area contributed by atoms with E-state index in [9.17, 15) is 4.79 Å². The molecule has 1 heterocycles. The van der Waals surface area contributed by atoms with Gasteiger partial charge in [0, 0.05) is 23.3 Å². The minimum absolute atomic E-state index is 0.0883. The van der Waals surface area contributed by atoms with E-state index in [2.05, 4.69) is 10.4 Å². The first-order valence-corrected chi connectivity index (χ1v) is 7.72. The number of nitrogens with zero attached hydrogens (tertiary/aromatic N) is 2. The highest BCUT2D eigenvalue weighted by molar-refractivity contribution is 6.31. The predicted octanol–water partition coefficient (Wildman–Crippen LogP) is 4.04. The number of rotatable bonds is 3. The smallest absolute Gasteiger partial charge is 0.227 e. The summed E-state index contributed by atoms with van der Waals surface area (Å²) in [4.78, 5) is 12.4. The molecule has 0 bridgehead atoms. The molecule has 0 unspecified atom stereocenters. The van der Waals surface area contributed by atoms with Crippen LogP contribution in [0.2, 0.25) is 5.02 Å². The summed E-state index contributed by atoms with van der Waals surface area (Å²) in [5, 5.41) is 7.85. The SMILES string of the molecule is O=C(Nc1cc(Cl)ccc1-n1cccn1)C1CCCCC1. The van der Waals surface area contributed by atoms with E-state index in [0.29, 0.717) is 10.7 Å². The normalized spacial score (nSPS) is 15.9. The minimum atomic E-state index is 0.0883. The van der Waals surface area contributed by atoms with Gasteiger partial charge in [-0.05, 0) is 37.1 Å². The molecule has 1 N–H and O–H groups in total. The van der Waals surface area contributed by atoms with Crippen LogP contribution in [-0.4, -0.2) is 15.7 Å². The summed E-state index contributed by atoms with van der Waals surface area (Å²) in [6.07, 6.45) is 9.02. The maximum absolute atomic E-state index is 12.4. The lowest BCUT2D eigenvalue weighted by Crippen LogP contribution is -2.25. The van der Waals surface area contributed by atoms with Crippen LogP contribution < -0.4 is 5.32 Å². The molecule has 1 fully saturated rings. The maximum atomic E-state index is 12.4. The van der Waals surface area contributed by atoms with Crippen molar-refractivity contribution in [1.29, 1.82) is 0 Å². The third-order valence-corrected chi connectivity index (χ3v) is 4.18. The highest BCUT2D eigenvalue weighted by Gasteiger charge is 2.22. The van der Waals surface area contributed by atoms with Gasteiger partial charge in [0.1, 0.15) is 0 Å². The number of benzene rings is 1. The number of halogens is 1. The summed E-state index contributed by atoms with van der Waals surface area (Å²) < 4.78 is 1.73. The fourth-order valence-corrected chi connectivity index (χ4v) is 2.99. The Bertz CT molecular complexity index is 618. The second kappa shape index (κ2) is 6.31. The molecule has 0 aliphatic heterocycles. The summed E-state index contributed by atoms with van der Waals surface area (Å²) >= 11 is 6.07. The largest absolute Gasteiger partial charge is 0.324 e. The molecule has 21 heavy (non-hydrogen) atoms. The Balaban J connectivity index is 1.84. The number of hydrogen-bond acceptors (Lipinski definition) is 2. The van der Waals surface area contributed by atoms with Crippen LogP contribution >= 0.6 is 11.6 Å². The lowest BCUT2D eigenvalue weighted by molar-refractivity contribution is -0.120. The molecule has 5 heteroatoms. The molecule has 1 saturated carbocycles. The Kier molecular flexibility index (Phi) is 4.25. The highest BCUT2D eigenvalue weighted by atomic mass is 35.5. The molecule has 2 aromatic rings. The van der Waals surface area contributed by atoms with Crippen LogP contribution in [0.15, 0.2) is 36.7 Å². The molecule has 1 amide bonds. The molecule has 0 atom stereocenters. The quantitative estimate of drug-likeness (QED) is 0.930. The van der Waals surface area contributed by atoms with E-state index in [1.807, 2.05) is 18.3 Å². The maximum Gasteiger partial charge on any atom is 0.227 e. The third-order valence-electron chi connectivity index (χ3n) is 3.94. The summed E-state index contributed by atoms with van der Waals surface area (Å²) in [5.74, 6) is 0.202. The number of carbonyl (C=O) groups excluding carboxylic acids is 1. The van der Waals surface area contributed by atoms with Crippen LogP contribution in [0.4, 0.5) is 5.69 Å². The molecule has 1 aliphatic carbocycles. The number of amides is 1. The molecule has 1 aromatic carbocycles. The number of nitrogens with one attached hydrogen (secondary N) is 1. The zero-order valence-electron chi connectivity index (χ0n) is 11.8. The third kappa shape index (κ3) is 3.27. The fraction of sp³-hybridized carbons (Fsp3) is 0.375. The van der Waals surface area contributed by atoms with Gasteiger partial charge in [-0.15, -0.1) is 0 Å². The van der Waals surface area contributed by atoms with Gasteiger partial charge in [0.15, 0.2) is 0 Å². The van der Waals surface area contributed by atoms with Gasteiger partial charge in [0.25, 0.3) is 0 Å². The Labute approximate surface area is 129 Å². The summed E-state index contributed by atoms with van der Waals surface area (Å²) in [7, 11) is 0. The van der Waals surface area contributed by atoms with Crippen molar-refractivity contribution in [1.82, 2.24) is 9.78 Å². The molecule has 1 aliphatic rings. The van der Waals surface area contributed by atoms with Crippen molar-refractivity contribution < 1.29 is 4.79 Å². The van der Waals surface area contributed by atoms with Crippen LogP contribution in [-0.2, 0) is 4.79 Å². The monoisotopic (exact) mass is 303 g/mol. The average Bonchev–Trinajstić information content (AvgIpc) is 3.02. The van der Waals surface area contributed by atoms with Crippen molar-refractivity contribution >= 4 is 23.2 Å². The lowest BCUT2D eigenvalue weighted by atomic mass is 9.88. The van der Waals surface area contributed by atoms with Gasteiger partial charge in [-0.25, -0.2) is 4.68 Å². The zero-order chi connectivity index (χ0) is 14.7. The number of carbonyl (C=O) groups is 1. The van der Waals surface area contributed by atoms with E-state index in [1.165, 1.54) is 6.42 Å². The van der Waals surface area contributed by atoms with Gasteiger partial charge in [0.2, 0.25) is 5.91 Å². The molecule has 3 rings (SSSR count). The first-order valence-electron chi connectivity index (χ1n) is 7.34. The Hall–Kier alpha value is -1.81. The molecular weight excluding hydrogens is 286 g/mol. The van der Waals surface area contributed by atoms with Crippen molar-refractivity contribution in [3.63, 3.8) is 0 Å². The lowest BCUT2D eigenvalue weighted by Gasteiger charge is -2.21. The van der Waals surface area contributed by atoms with Crippen molar-refractivity contribution in [2.24, 2.45) is 5.92 Å². The molecule has 0 radical (unpaired) electrons. The standard InChI is InChI=1S/C16H18ClN3O/c17-13-7-8-15(20-10-4-9-18-20)14(11-13)19-16(21)12-5-2-1-3-6-12/h4,7-12H,1-3,5-6H2,(H,19,21). The summed E-state index contributed by atoms with van der Waals surface area (Å²) in [6, 6.07) is 7.29. The molecule has 110 valence electrons. The Morgan fingerprint density at radius 3 is 2.81 bits per heavy atom. The van der Waals surface area contributed by atoms with Gasteiger partial charge in [-0.3, -0.25) is 4.79 Å². The number of hydrogen-bond donors (Lipinski definition) is 1. The van der Waals surface area contributed by atoms with Gasteiger partial charge in [-0.1, -0.05) is 30.9 Å². The van der Waals surface area contributed by atoms with E-state index in [0.717, 1.165) is 31.4 Å². The number of anilines is 1. The van der Waals surface area contributed by atoms with Crippen molar-refractivity contribution in [2.75, 3.05) is 5.32 Å². The van der Waals surface area contributed by atoms with Crippen LogP contribution in [0.1, 0.15) is 32.1 Å². The van der Waals surface area contributed by atoms with Gasteiger partial charge >= 0.3 is 0 Å². The average molecular weight is 304 g/mol.